The number of benzene rings is 1. The molecule has 0 saturated heterocycles. The molecule has 3 aromatic heterocycles. The summed E-state index contributed by atoms with van der Waals surface area (Å²) in [5.41, 5.74) is 14.3. The van der Waals surface area contributed by atoms with Crippen molar-refractivity contribution in [2.45, 2.75) is 32.8 Å². The highest BCUT2D eigenvalue weighted by Gasteiger charge is 2.18. The predicted octanol–water partition coefficient (Wildman–Crippen LogP) is 3.35. The number of hydrogen-bond acceptors (Lipinski definition) is 8. The maximum atomic E-state index is 10.2. The second-order valence-electron chi connectivity index (χ2n) is 7.49. The SMILES string of the molecule is CCc1cc2ncc(Cl)n2nc1-c1cccc(C(C)(C)O)c1.N#Cc1c(N)ncnc1N. The van der Waals surface area contributed by atoms with Crippen molar-refractivity contribution in [2.24, 2.45) is 0 Å². The summed E-state index contributed by atoms with van der Waals surface area (Å²) in [4.78, 5) is 11.4. The Morgan fingerprint density at radius 2 is 1.84 bits per heavy atom. The van der Waals surface area contributed by atoms with Gasteiger partial charge < -0.3 is 16.6 Å². The lowest BCUT2D eigenvalue weighted by Crippen LogP contribution is -2.15. The number of nitrogen functional groups attached to an aromatic ring is 2. The minimum atomic E-state index is -0.890. The molecule has 0 atom stereocenters. The summed E-state index contributed by atoms with van der Waals surface area (Å²) in [6, 6.07) is 11.6. The number of nitrogens with two attached hydrogens (primary N) is 2. The van der Waals surface area contributed by atoms with Crippen LogP contribution >= 0.6 is 11.6 Å². The number of rotatable bonds is 3. The van der Waals surface area contributed by atoms with Crippen LogP contribution in [0, 0.1) is 11.3 Å². The summed E-state index contributed by atoms with van der Waals surface area (Å²) in [6.45, 7) is 5.63. The molecule has 0 saturated carbocycles. The summed E-state index contributed by atoms with van der Waals surface area (Å²) in [5, 5.41) is 23.7. The number of aryl methyl sites for hydroxylation is 1. The van der Waals surface area contributed by atoms with Crippen LogP contribution in [0.3, 0.4) is 0 Å². The largest absolute Gasteiger partial charge is 0.386 e. The van der Waals surface area contributed by atoms with Crippen molar-refractivity contribution in [3.8, 4) is 17.3 Å². The monoisotopic (exact) mass is 450 g/mol. The molecule has 0 radical (unpaired) electrons. The summed E-state index contributed by atoms with van der Waals surface area (Å²) in [6.07, 6.45) is 3.65. The van der Waals surface area contributed by atoms with Crippen LogP contribution in [0.1, 0.15) is 37.5 Å². The lowest BCUT2D eigenvalue weighted by atomic mass is 9.94. The van der Waals surface area contributed by atoms with Crippen LogP contribution in [-0.2, 0) is 12.0 Å². The molecule has 4 aromatic rings. The fraction of sp³-hybridized carbons (Fsp3) is 0.227. The zero-order valence-electron chi connectivity index (χ0n) is 17.9. The van der Waals surface area contributed by atoms with E-state index in [2.05, 4.69) is 27.0 Å². The van der Waals surface area contributed by atoms with Gasteiger partial charge in [-0.05, 0) is 43.5 Å². The van der Waals surface area contributed by atoms with E-state index < -0.39 is 5.60 Å². The van der Waals surface area contributed by atoms with Gasteiger partial charge in [-0.2, -0.15) is 10.4 Å². The highest BCUT2D eigenvalue weighted by Crippen LogP contribution is 2.28. The van der Waals surface area contributed by atoms with E-state index >= 15 is 0 Å². The first-order valence-electron chi connectivity index (χ1n) is 9.78. The Morgan fingerprint density at radius 3 is 2.41 bits per heavy atom. The van der Waals surface area contributed by atoms with Crippen molar-refractivity contribution in [3.63, 3.8) is 0 Å². The van der Waals surface area contributed by atoms with E-state index in [1.165, 1.54) is 6.33 Å². The maximum Gasteiger partial charge on any atom is 0.155 e. The number of aromatic nitrogens is 5. The van der Waals surface area contributed by atoms with Crippen molar-refractivity contribution in [1.82, 2.24) is 24.6 Å². The van der Waals surface area contributed by atoms with E-state index in [9.17, 15) is 5.11 Å². The number of imidazole rings is 1. The molecule has 164 valence electrons. The first kappa shape index (κ1) is 22.9. The molecule has 10 heteroatoms. The van der Waals surface area contributed by atoms with Gasteiger partial charge in [-0.1, -0.05) is 36.7 Å². The minimum Gasteiger partial charge on any atom is -0.386 e. The fourth-order valence-electron chi connectivity index (χ4n) is 3.01. The fourth-order valence-corrected chi connectivity index (χ4v) is 3.19. The van der Waals surface area contributed by atoms with Crippen molar-refractivity contribution < 1.29 is 5.11 Å². The summed E-state index contributed by atoms with van der Waals surface area (Å²) < 4.78 is 1.63. The summed E-state index contributed by atoms with van der Waals surface area (Å²) in [5.74, 6) is 0.241. The highest BCUT2D eigenvalue weighted by atomic mass is 35.5. The van der Waals surface area contributed by atoms with Gasteiger partial charge >= 0.3 is 0 Å². The molecule has 0 fully saturated rings. The van der Waals surface area contributed by atoms with Gasteiger partial charge in [0, 0.05) is 5.56 Å². The van der Waals surface area contributed by atoms with Gasteiger partial charge in [0.05, 0.1) is 17.5 Å². The van der Waals surface area contributed by atoms with Gasteiger partial charge in [0.25, 0.3) is 0 Å². The van der Waals surface area contributed by atoms with E-state index in [1.807, 2.05) is 30.3 Å². The lowest BCUT2D eigenvalue weighted by molar-refractivity contribution is 0.0786. The second-order valence-corrected chi connectivity index (χ2v) is 7.88. The third-order valence-electron chi connectivity index (χ3n) is 4.77. The normalized spacial score (nSPS) is 11.0. The van der Waals surface area contributed by atoms with Crippen molar-refractivity contribution in [3.05, 3.63) is 64.7 Å². The molecule has 3 heterocycles. The number of anilines is 2. The molecule has 32 heavy (non-hydrogen) atoms. The average Bonchev–Trinajstić information content (AvgIpc) is 3.13. The van der Waals surface area contributed by atoms with Crippen LogP contribution in [0.4, 0.5) is 11.6 Å². The van der Waals surface area contributed by atoms with Crippen LogP contribution in [0.5, 0.6) is 0 Å². The molecule has 0 amide bonds. The van der Waals surface area contributed by atoms with E-state index in [0.29, 0.717) is 5.15 Å². The van der Waals surface area contributed by atoms with E-state index in [4.69, 9.17) is 28.3 Å². The Bertz CT molecular complexity index is 1280. The molecule has 0 aliphatic heterocycles. The van der Waals surface area contributed by atoms with E-state index in [1.54, 1.807) is 30.6 Å². The summed E-state index contributed by atoms with van der Waals surface area (Å²) >= 11 is 6.13. The Labute approximate surface area is 190 Å². The Morgan fingerprint density at radius 1 is 1.16 bits per heavy atom. The Kier molecular flexibility index (Phi) is 6.58. The van der Waals surface area contributed by atoms with Crippen molar-refractivity contribution in [2.75, 3.05) is 11.5 Å². The first-order valence-corrected chi connectivity index (χ1v) is 10.2. The smallest absolute Gasteiger partial charge is 0.155 e. The Balaban J connectivity index is 0.000000243. The van der Waals surface area contributed by atoms with E-state index in [-0.39, 0.29) is 17.2 Å². The van der Waals surface area contributed by atoms with Gasteiger partial charge in [-0.3, -0.25) is 0 Å². The molecule has 0 unspecified atom stereocenters. The summed E-state index contributed by atoms with van der Waals surface area (Å²) in [7, 11) is 0. The average molecular weight is 451 g/mol. The molecule has 0 bridgehead atoms. The number of halogens is 1. The van der Waals surface area contributed by atoms with E-state index in [0.717, 1.165) is 34.5 Å². The maximum absolute atomic E-state index is 10.2. The predicted molar refractivity (Wildman–Crippen MR) is 124 cm³/mol. The molecular weight excluding hydrogens is 428 g/mol. The number of nitriles is 1. The molecule has 0 aliphatic rings. The highest BCUT2D eigenvalue weighted by molar-refractivity contribution is 6.29. The third kappa shape index (κ3) is 4.77. The molecule has 1 aromatic carbocycles. The van der Waals surface area contributed by atoms with Crippen LogP contribution in [0.15, 0.2) is 42.9 Å². The van der Waals surface area contributed by atoms with Gasteiger partial charge in [0.1, 0.15) is 29.6 Å². The van der Waals surface area contributed by atoms with Gasteiger partial charge in [0.2, 0.25) is 0 Å². The number of fused-ring (bicyclic) bond motifs is 1. The van der Waals surface area contributed by atoms with Gasteiger partial charge in [-0.15, -0.1) is 0 Å². The van der Waals surface area contributed by atoms with Crippen molar-refractivity contribution in [1.29, 1.82) is 5.26 Å². The molecular formula is C22H23ClN8O. The van der Waals surface area contributed by atoms with Gasteiger partial charge in [-0.25, -0.2) is 19.5 Å². The second kappa shape index (κ2) is 9.18. The topological polar surface area (TPSA) is 152 Å². The minimum absolute atomic E-state index is 0.120. The number of nitrogens with zero attached hydrogens (tertiary/aromatic N) is 6. The first-order chi connectivity index (χ1) is 15.2. The molecule has 5 N–H and O–H groups in total. The standard InChI is InChI=1S/C17H18ClN3O.C5H5N5/c1-4-11-9-15-19-10-14(18)21(15)20-16(11)12-6-5-7-13(8-12)17(2,3)22;6-1-3-4(7)9-2-10-5(3)8/h5-10,22H,4H2,1-3H3;2H,(H4,7,8,9,10). The number of aliphatic hydroxyl groups is 1. The van der Waals surface area contributed by atoms with Gasteiger partial charge in [0.15, 0.2) is 10.8 Å². The third-order valence-corrected chi connectivity index (χ3v) is 5.03. The molecule has 9 nitrogen and oxygen atoms in total. The Hall–Kier alpha value is -3.74. The zero-order valence-corrected chi connectivity index (χ0v) is 18.7. The quantitative estimate of drug-likeness (QED) is 0.429. The zero-order chi connectivity index (χ0) is 23.5. The van der Waals surface area contributed by atoms with Crippen LogP contribution in [-0.4, -0.2) is 29.7 Å². The van der Waals surface area contributed by atoms with Crippen LogP contribution in [0.2, 0.25) is 5.15 Å². The molecule has 0 aliphatic carbocycles. The van der Waals surface area contributed by atoms with Crippen LogP contribution in [0.25, 0.3) is 16.9 Å². The molecule has 0 spiro atoms. The number of hydrogen-bond donors (Lipinski definition) is 3. The van der Waals surface area contributed by atoms with Crippen molar-refractivity contribution >= 4 is 28.9 Å². The lowest BCUT2D eigenvalue weighted by Gasteiger charge is -2.19. The molecule has 4 rings (SSSR count). The van der Waals surface area contributed by atoms with Crippen LogP contribution < -0.4 is 11.5 Å².